The Hall–Kier alpha value is -1.46. The van der Waals surface area contributed by atoms with Crippen LogP contribution in [-0.2, 0) is 4.74 Å². The number of guanidine groups is 1. The third kappa shape index (κ3) is 8.09. The van der Waals surface area contributed by atoms with E-state index in [1.54, 1.807) is 13.1 Å². The molecular weight excluding hydrogens is 314 g/mol. The fraction of sp³-hybridized carbons (Fsp3) is 0.588. The lowest BCUT2D eigenvalue weighted by atomic mass is 10.3. The first-order valence-corrected chi connectivity index (χ1v) is 8.56. The van der Waals surface area contributed by atoms with Crippen molar-refractivity contribution in [3.63, 3.8) is 0 Å². The number of nitrogens with one attached hydrogen (secondary N) is 2. The maximum absolute atomic E-state index is 5.91. The van der Waals surface area contributed by atoms with Crippen molar-refractivity contribution in [1.82, 2.24) is 10.6 Å². The van der Waals surface area contributed by atoms with Crippen molar-refractivity contribution in [1.29, 1.82) is 0 Å². The Morgan fingerprint density at radius 3 is 2.83 bits per heavy atom. The molecule has 0 aromatic heterocycles. The van der Waals surface area contributed by atoms with Crippen molar-refractivity contribution >= 4 is 17.6 Å². The lowest BCUT2D eigenvalue weighted by Gasteiger charge is -2.12. The summed E-state index contributed by atoms with van der Waals surface area (Å²) < 4.78 is 11.2. The highest BCUT2D eigenvalue weighted by Crippen LogP contribution is 2.28. The van der Waals surface area contributed by atoms with E-state index in [0.717, 1.165) is 43.8 Å². The van der Waals surface area contributed by atoms with Crippen LogP contribution >= 0.6 is 11.6 Å². The molecule has 0 heterocycles. The zero-order valence-corrected chi connectivity index (χ0v) is 14.4. The molecule has 5 nitrogen and oxygen atoms in total. The lowest BCUT2D eigenvalue weighted by molar-refractivity contribution is 0.123. The van der Waals surface area contributed by atoms with Gasteiger partial charge < -0.3 is 20.1 Å². The monoisotopic (exact) mass is 339 g/mol. The smallest absolute Gasteiger partial charge is 0.191 e. The van der Waals surface area contributed by atoms with Crippen LogP contribution < -0.4 is 15.4 Å². The normalized spacial score (nSPS) is 14.6. The highest BCUT2D eigenvalue weighted by atomic mass is 35.5. The van der Waals surface area contributed by atoms with Crippen molar-refractivity contribution in [2.75, 3.05) is 40.0 Å². The summed E-state index contributed by atoms with van der Waals surface area (Å²) in [6.45, 7) is 3.79. The SMILES string of the molecule is CN=C(NCCCOCC1CC1)NCCOc1cccc(Cl)c1. The van der Waals surface area contributed by atoms with Crippen molar-refractivity contribution in [2.45, 2.75) is 19.3 Å². The molecule has 0 bridgehead atoms. The molecule has 0 amide bonds. The van der Waals surface area contributed by atoms with Crippen molar-refractivity contribution in [2.24, 2.45) is 10.9 Å². The Morgan fingerprint density at radius 2 is 2.09 bits per heavy atom. The molecule has 2 rings (SSSR count). The van der Waals surface area contributed by atoms with E-state index in [9.17, 15) is 0 Å². The summed E-state index contributed by atoms with van der Waals surface area (Å²) >= 11 is 5.91. The van der Waals surface area contributed by atoms with Crippen LogP contribution in [0.15, 0.2) is 29.3 Å². The summed E-state index contributed by atoms with van der Waals surface area (Å²) in [7, 11) is 1.76. The summed E-state index contributed by atoms with van der Waals surface area (Å²) in [6, 6.07) is 7.39. The highest BCUT2D eigenvalue weighted by Gasteiger charge is 2.20. The van der Waals surface area contributed by atoms with Gasteiger partial charge in [-0.3, -0.25) is 4.99 Å². The zero-order valence-electron chi connectivity index (χ0n) is 13.7. The fourth-order valence-electron chi connectivity index (χ4n) is 2.03. The molecule has 1 saturated carbocycles. The zero-order chi connectivity index (χ0) is 16.3. The Kier molecular flexibility index (Phi) is 8.04. The maximum Gasteiger partial charge on any atom is 0.191 e. The Morgan fingerprint density at radius 1 is 1.26 bits per heavy atom. The van der Waals surface area contributed by atoms with Gasteiger partial charge in [-0.2, -0.15) is 0 Å². The third-order valence-corrected chi connectivity index (χ3v) is 3.73. The number of aliphatic imine (C=N–C) groups is 1. The molecule has 0 radical (unpaired) electrons. The second-order valence-corrected chi connectivity index (χ2v) is 6.04. The number of benzene rings is 1. The summed E-state index contributed by atoms with van der Waals surface area (Å²) in [6.07, 6.45) is 3.66. The lowest BCUT2D eigenvalue weighted by Crippen LogP contribution is -2.39. The van der Waals surface area contributed by atoms with Gasteiger partial charge in [0.05, 0.1) is 6.54 Å². The van der Waals surface area contributed by atoms with Crippen LogP contribution in [0.5, 0.6) is 5.75 Å². The minimum atomic E-state index is 0.547. The molecule has 2 N–H and O–H groups in total. The van der Waals surface area contributed by atoms with E-state index in [2.05, 4.69) is 15.6 Å². The van der Waals surface area contributed by atoms with Crippen molar-refractivity contribution in [3.8, 4) is 5.75 Å². The van der Waals surface area contributed by atoms with Gasteiger partial charge in [0.1, 0.15) is 12.4 Å². The molecule has 1 aliphatic rings. The third-order valence-electron chi connectivity index (χ3n) is 3.49. The summed E-state index contributed by atoms with van der Waals surface area (Å²) in [5.41, 5.74) is 0. The van der Waals surface area contributed by atoms with E-state index < -0.39 is 0 Å². The maximum atomic E-state index is 5.91. The standard InChI is InChI=1S/C17H26ClN3O2/c1-19-17(20-8-3-10-22-13-14-6-7-14)21-9-11-23-16-5-2-4-15(18)12-16/h2,4-5,12,14H,3,6-11,13H2,1H3,(H2,19,20,21). The fourth-order valence-corrected chi connectivity index (χ4v) is 2.21. The van der Waals surface area contributed by atoms with E-state index in [1.807, 2.05) is 18.2 Å². The van der Waals surface area contributed by atoms with Gasteiger partial charge in [-0.05, 0) is 43.4 Å². The molecule has 0 spiro atoms. The van der Waals surface area contributed by atoms with Crippen LogP contribution in [0.4, 0.5) is 0 Å². The van der Waals surface area contributed by atoms with E-state index >= 15 is 0 Å². The molecule has 23 heavy (non-hydrogen) atoms. The molecule has 0 atom stereocenters. The minimum absolute atomic E-state index is 0.547. The van der Waals surface area contributed by atoms with Gasteiger partial charge in [-0.15, -0.1) is 0 Å². The van der Waals surface area contributed by atoms with Gasteiger partial charge in [0.2, 0.25) is 0 Å². The molecule has 0 saturated heterocycles. The van der Waals surface area contributed by atoms with Crippen LogP contribution in [0.3, 0.4) is 0 Å². The molecule has 128 valence electrons. The predicted octanol–water partition coefficient (Wildman–Crippen LogP) is 2.70. The number of rotatable bonds is 10. The summed E-state index contributed by atoms with van der Waals surface area (Å²) in [5.74, 6) is 2.38. The van der Waals surface area contributed by atoms with Gasteiger partial charge in [-0.1, -0.05) is 17.7 Å². The number of hydrogen-bond donors (Lipinski definition) is 2. The van der Waals surface area contributed by atoms with Gasteiger partial charge in [0.25, 0.3) is 0 Å². The summed E-state index contributed by atoms with van der Waals surface area (Å²) in [5, 5.41) is 7.15. The van der Waals surface area contributed by atoms with Crippen molar-refractivity contribution in [3.05, 3.63) is 29.3 Å². The predicted molar refractivity (Wildman–Crippen MR) is 94.5 cm³/mol. The van der Waals surface area contributed by atoms with Crippen LogP contribution in [0, 0.1) is 5.92 Å². The molecule has 0 aliphatic heterocycles. The van der Waals surface area contributed by atoms with E-state index in [-0.39, 0.29) is 0 Å². The number of nitrogens with zero attached hydrogens (tertiary/aromatic N) is 1. The number of halogens is 1. The average Bonchev–Trinajstić information content (AvgIpc) is 3.37. The van der Waals surface area contributed by atoms with Gasteiger partial charge >= 0.3 is 0 Å². The molecule has 1 aromatic rings. The van der Waals surface area contributed by atoms with Crippen LogP contribution in [0.1, 0.15) is 19.3 Å². The van der Waals surface area contributed by atoms with E-state index in [0.29, 0.717) is 18.2 Å². The molecule has 1 fully saturated rings. The topological polar surface area (TPSA) is 54.9 Å². The molecule has 6 heteroatoms. The first kappa shape index (κ1) is 17.9. The Labute approximate surface area is 143 Å². The minimum Gasteiger partial charge on any atom is -0.492 e. The van der Waals surface area contributed by atoms with Crippen LogP contribution in [0.25, 0.3) is 0 Å². The first-order valence-electron chi connectivity index (χ1n) is 8.18. The Bertz CT molecular complexity index is 492. The largest absolute Gasteiger partial charge is 0.492 e. The quantitative estimate of drug-likeness (QED) is 0.391. The van der Waals surface area contributed by atoms with Crippen LogP contribution in [-0.4, -0.2) is 45.9 Å². The highest BCUT2D eigenvalue weighted by molar-refractivity contribution is 6.30. The van der Waals surface area contributed by atoms with Gasteiger partial charge in [0.15, 0.2) is 5.96 Å². The van der Waals surface area contributed by atoms with Gasteiger partial charge in [0, 0.05) is 31.8 Å². The van der Waals surface area contributed by atoms with Crippen LogP contribution in [0.2, 0.25) is 5.02 Å². The number of hydrogen-bond acceptors (Lipinski definition) is 3. The first-order chi connectivity index (χ1) is 11.3. The van der Waals surface area contributed by atoms with Gasteiger partial charge in [-0.25, -0.2) is 0 Å². The number of ether oxygens (including phenoxy) is 2. The van der Waals surface area contributed by atoms with E-state index in [1.165, 1.54) is 12.8 Å². The molecular formula is C17H26ClN3O2. The molecule has 0 unspecified atom stereocenters. The Balaban J connectivity index is 1.48. The van der Waals surface area contributed by atoms with E-state index in [4.69, 9.17) is 21.1 Å². The molecule has 1 aromatic carbocycles. The second-order valence-electron chi connectivity index (χ2n) is 5.60. The summed E-state index contributed by atoms with van der Waals surface area (Å²) in [4.78, 5) is 4.18. The average molecular weight is 340 g/mol. The van der Waals surface area contributed by atoms with Crippen molar-refractivity contribution < 1.29 is 9.47 Å². The molecule has 1 aliphatic carbocycles. The second kappa shape index (κ2) is 10.3.